The van der Waals surface area contributed by atoms with Gasteiger partial charge in [0.15, 0.2) is 0 Å². The number of hydrogen-bond acceptors (Lipinski definition) is 2. The molecule has 1 N–H and O–H groups in total. The molecular weight excluding hydrogens is 291 g/mol. The van der Waals surface area contributed by atoms with Gasteiger partial charge >= 0.3 is 114 Å². The van der Waals surface area contributed by atoms with E-state index in [0.717, 1.165) is 12.8 Å². The summed E-state index contributed by atoms with van der Waals surface area (Å²) in [7, 11) is 0. The van der Waals surface area contributed by atoms with E-state index in [1.807, 2.05) is 18.2 Å². The zero-order chi connectivity index (χ0) is 13.0. The van der Waals surface area contributed by atoms with E-state index in [-0.39, 0.29) is 25.6 Å². The van der Waals surface area contributed by atoms with E-state index < -0.39 is 5.60 Å². The molecule has 18 heavy (non-hydrogen) atoms. The molecule has 1 aliphatic rings. The fraction of sp³-hybridized carbons (Fsp3) is 0.400. The van der Waals surface area contributed by atoms with E-state index in [2.05, 4.69) is 18.7 Å². The molecule has 3 heteroatoms. The first-order valence-corrected chi connectivity index (χ1v) is 8.09. The first kappa shape index (κ1) is 13.5. The number of benzene rings is 1. The van der Waals surface area contributed by atoms with Crippen molar-refractivity contribution < 1.29 is 9.90 Å². The third-order valence-electron chi connectivity index (χ3n) is 3.31. The Bertz CT molecular complexity index is 429. The van der Waals surface area contributed by atoms with Crippen molar-refractivity contribution in [3.8, 4) is 0 Å². The molecule has 0 aliphatic heterocycles. The predicted molar refractivity (Wildman–Crippen MR) is 74.2 cm³/mol. The molecule has 0 aromatic heterocycles. The minimum atomic E-state index is -1.15. The minimum absolute atomic E-state index is 0.0126. The molecule has 0 heterocycles. The zero-order valence-electron chi connectivity index (χ0n) is 10.3. The first-order valence-electron chi connectivity index (χ1n) is 6.25. The van der Waals surface area contributed by atoms with Crippen LogP contribution in [0, 0.1) is 0 Å². The fourth-order valence-electron chi connectivity index (χ4n) is 2.35. The molecule has 0 amide bonds. The quantitative estimate of drug-likeness (QED) is 0.681. The van der Waals surface area contributed by atoms with Crippen LogP contribution in [0.5, 0.6) is 0 Å². The van der Waals surface area contributed by atoms with Gasteiger partial charge in [-0.05, 0) is 0 Å². The Hall–Kier alpha value is -0.891. The van der Waals surface area contributed by atoms with Crippen molar-refractivity contribution in [2.24, 2.45) is 0 Å². The first-order chi connectivity index (χ1) is 8.65. The van der Waals surface area contributed by atoms with Crippen LogP contribution in [0.2, 0.25) is 4.82 Å². The van der Waals surface area contributed by atoms with Gasteiger partial charge in [-0.2, -0.15) is 0 Å². The van der Waals surface area contributed by atoms with Crippen LogP contribution in [-0.4, -0.2) is 31.4 Å². The zero-order valence-corrected chi connectivity index (χ0v) is 12.1. The second kappa shape index (κ2) is 5.83. The van der Waals surface area contributed by atoms with Crippen LogP contribution < -0.4 is 4.46 Å². The summed E-state index contributed by atoms with van der Waals surface area (Å²) in [5.41, 5.74) is -1.15. The van der Waals surface area contributed by atoms with E-state index in [1.165, 1.54) is 4.46 Å². The van der Waals surface area contributed by atoms with Crippen LogP contribution in [-0.2, 0) is 4.79 Å². The maximum absolute atomic E-state index is 12.4. The molecule has 96 valence electrons. The molecule has 2 rings (SSSR count). The van der Waals surface area contributed by atoms with Crippen LogP contribution >= 0.6 is 0 Å². The van der Waals surface area contributed by atoms with Gasteiger partial charge in [0.1, 0.15) is 0 Å². The molecular formula is C15H18O2Se. The van der Waals surface area contributed by atoms with E-state index in [4.69, 9.17) is 0 Å². The van der Waals surface area contributed by atoms with Gasteiger partial charge in [-0.3, -0.25) is 0 Å². The molecule has 0 spiro atoms. The molecule has 1 saturated carbocycles. The van der Waals surface area contributed by atoms with Gasteiger partial charge in [0.25, 0.3) is 0 Å². The summed E-state index contributed by atoms with van der Waals surface area (Å²) in [5.74, 6) is 0.0255. The summed E-state index contributed by atoms with van der Waals surface area (Å²) in [5, 5.41) is 10.4. The van der Waals surface area contributed by atoms with E-state index in [1.54, 1.807) is 6.08 Å². The Morgan fingerprint density at radius 2 is 2.17 bits per heavy atom. The van der Waals surface area contributed by atoms with Gasteiger partial charge in [-0.15, -0.1) is 0 Å². The standard InChI is InChI=1S/C15H18O2Se/c1-2-10-15(17)11-6-9-13(14(15)16)18-12-7-4-3-5-8-12/h2-5,7-8,13,17H,1,6,9-11H2/t13?,15-/m1/s1. The molecule has 1 aromatic rings. The van der Waals surface area contributed by atoms with Crippen molar-refractivity contribution in [1.29, 1.82) is 0 Å². The van der Waals surface area contributed by atoms with Gasteiger partial charge in [-0.25, -0.2) is 0 Å². The van der Waals surface area contributed by atoms with Gasteiger partial charge in [0.2, 0.25) is 0 Å². The van der Waals surface area contributed by atoms with Gasteiger partial charge in [-0.1, -0.05) is 0 Å². The molecule has 1 unspecified atom stereocenters. The Balaban J connectivity index is 2.09. The summed E-state index contributed by atoms with van der Waals surface area (Å²) in [6, 6.07) is 10.1. The number of carbonyl (C=O) groups is 1. The Morgan fingerprint density at radius 1 is 1.44 bits per heavy atom. The Morgan fingerprint density at radius 3 is 2.83 bits per heavy atom. The van der Waals surface area contributed by atoms with Gasteiger partial charge in [0.05, 0.1) is 0 Å². The summed E-state index contributed by atoms with van der Waals surface area (Å²) < 4.78 is 1.23. The number of hydrogen-bond donors (Lipinski definition) is 1. The van der Waals surface area contributed by atoms with Crippen LogP contribution in [0.1, 0.15) is 25.7 Å². The molecule has 1 fully saturated rings. The molecule has 2 atom stereocenters. The molecule has 0 radical (unpaired) electrons. The van der Waals surface area contributed by atoms with Crippen molar-refractivity contribution in [3.63, 3.8) is 0 Å². The van der Waals surface area contributed by atoms with Crippen molar-refractivity contribution in [2.75, 3.05) is 0 Å². The number of aliphatic hydroxyl groups is 1. The normalized spacial score (nSPS) is 28.1. The Kier molecular flexibility index (Phi) is 4.39. The van der Waals surface area contributed by atoms with E-state index >= 15 is 0 Å². The molecule has 1 aliphatic carbocycles. The van der Waals surface area contributed by atoms with Crippen molar-refractivity contribution in [3.05, 3.63) is 43.0 Å². The fourth-order valence-corrected chi connectivity index (χ4v) is 4.98. The Labute approximate surface area is 114 Å². The summed E-state index contributed by atoms with van der Waals surface area (Å²) >= 11 is 0.119. The monoisotopic (exact) mass is 310 g/mol. The SMILES string of the molecule is C=CC[C@@]1(O)CCCC([Se]c2ccccc2)C1=O. The van der Waals surface area contributed by atoms with E-state index in [9.17, 15) is 9.90 Å². The van der Waals surface area contributed by atoms with Crippen LogP contribution in [0.15, 0.2) is 43.0 Å². The molecule has 2 nitrogen and oxygen atoms in total. The second-order valence-electron chi connectivity index (χ2n) is 4.70. The number of Topliss-reactive ketones (excluding diaryl/α,β-unsaturated/α-hetero) is 1. The third-order valence-corrected chi connectivity index (χ3v) is 5.99. The van der Waals surface area contributed by atoms with Crippen molar-refractivity contribution in [2.45, 2.75) is 36.1 Å². The molecule has 1 aromatic carbocycles. The summed E-state index contributed by atoms with van der Waals surface area (Å²) in [6.07, 6.45) is 4.45. The second-order valence-corrected chi connectivity index (χ2v) is 7.38. The van der Waals surface area contributed by atoms with Crippen LogP contribution in [0.4, 0.5) is 0 Å². The van der Waals surface area contributed by atoms with Crippen LogP contribution in [0.3, 0.4) is 0 Å². The predicted octanol–water partition coefficient (Wildman–Crippen LogP) is 1.86. The van der Waals surface area contributed by atoms with Gasteiger partial charge in [0, 0.05) is 0 Å². The van der Waals surface area contributed by atoms with Crippen molar-refractivity contribution in [1.82, 2.24) is 0 Å². The number of carbonyl (C=O) groups excluding carboxylic acids is 1. The average Bonchev–Trinajstić information content (AvgIpc) is 2.37. The maximum atomic E-state index is 12.4. The molecule has 0 bridgehead atoms. The molecule has 0 saturated heterocycles. The van der Waals surface area contributed by atoms with Crippen LogP contribution in [0.25, 0.3) is 0 Å². The summed E-state index contributed by atoms with van der Waals surface area (Å²) in [4.78, 5) is 12.4. The third kappa shape index (κ3) is 2.92. The summed E-state index contributed by atoms with van der Waals surface area (Å²) in [6.45, 7) is 3.64. The number of rotatable bonds is 4. The number of ketones is 1. The average molecular weight is 309 g/mol. The van der Waals surface area contributed by atoms with E-state index in [0.29, 0.717) is 12.8 Å². The van der Waals surface area contributed by atoms with Crippen molar-refractivity contribution >= 4 is 25.2 Å². The van der Waals surface area contributed by atoms with Gasteiger partial charge < -0.3 is 0 Å². The topological polar surface area (TPSA) is 37.3 Å².